The van der Waals surface area contributed by atoms with Gasteiger partial charge in [-0.15, -0.1) is 0 Å². The Morgan fingerprint density at radius 1 is 1.13 bits per heavy atom. The number of sulfonamides is 1. The van der Waals surface area contributed by atoms with E-state index in [-0.39, 0.29) is 17.7 Å². The molecule has 0 spiro atoms. The number of carbonyl (C=O) groups is 1. The summed E-state index contributed by atoms with van der Waals surface area (Å²) in [7, 11) is 0.570. The Labute approximate surface area is 183 Å². The fraction of sp³-hybridized carbons (Fsp3) is 0.696. The maximum atomic E-state index is 13.3. The van der Waals surface area contributed by atoms with Crippen molar-refractivity contribution in [2.45, 2.75) is 78.8 Å². The number of rotatable bonds is 8. The molecule has 1 saturated carbocycles. The molecule has 0 aliphatic heterocycles. The third-order valence-corrected chi connectivity index (χ3v) is 7.06. The summed E-state index contributed by atoms with van der Waals surface area (Å²) in [5.74, 6) is 0.241. The number of nitrogens with one attached hydrogen (secondary N) is 1. The van der Waals surface area contributed by atoms with Gasteiger partial charge in [-0.1, -0.05) is 47.0 Å². The molecule has 0 radical (unpaired) electrons. The van der Waals surface area contributed by atoms with E-state index in [1.807, 2.05) is 63.7 Å². The van der Waals surface area contributed by atoms with E-state index in [9.17, 15) is 13.2 Å². The van der Waals surface area contributed by atoms with Crippen molar-refractivity contribution in [1.29, 1.82) is 0 Å². The molecule has 30 heavy (non-hydrogen) atoms. The van der Waals surface area contributed by atoms with Gasteiger partial charge in [-0.05, 0) is 43.0 Å². The lowest BCUT2D eigenvalue weighted by Crippen LogP contribution is -2.46. The highest BCUT2D eigenvalue weighted by atomic mass is 32.2. The molecule has 6 nitrogen and oxygen atoms in total. The maximum Gasteiger partial charge on any atom is 0.232 e. The van der Waals surface area contributed by atoms with Gasteiger partial charge in [0.2, 0.25) is 15.9 Å². The molecule has 0 heterocycles. The van der Waals surface area contributed by atoms with E-state index in [0.29, 0.717) is 18.7 Å². The van der Waals surface area contributed by atoms with Crippen molar-refractivity contribution in [3.63, 3.8) is 0 Å². The molecule has 0 unspecified atom stereocenters. The van der Waals surface area contributed by atoms with Crippen molar-refractivity contribution in [3.05, 3.63) is 23.8 Å². The molecule has 0 bridgehead atoms. The molecule has 1 aliphatic rings. The molecule has 2 rings (SSSR count). The van der Waals surface area contributed by atoms with Crippen molar-refractivity contribution >= 4 is 27.3 Å². The quantitative estimate of drug-likeness (QED) is 0.645. The maximum absolute atomic E-state index is 13.3. The fourth-order valence-electron chi connectivity index (χ4n) is 4.09. The number of benzene rings is 1. The molecule has 1 aliphatic carbocycles. The van der Waals surface area contributed by atoms with Crippen LogP contribution in [0, 0.1) is 5.41 Å². The third kappa shape index (κ3) is 6.62. The van der Waals surface area contributed by atoms with Crippen LogP contribution in [0.25, 0.3) is 0 Å². The minimum Gasteiger partial charge on any atom is -0.377 e. The van der Waals surface area contributed by atoms with E-state index in [1.165, 1.54) is 6.42 Å². The molecule has 170 valence electrons. The second-order valence-electron chi connectivity index (χ2n) is 9.63. The molecule has 0 aromatic heterocycles. The summed E-state index contributed by atoms with van der Waals surface area (Å²) < 4.78 is 27.2. The van der Waals surface area contributed by atoms with E-state index >= 15 is 0 Å². The molecular formula is C23H39N3O3S. The molecule has 1 fully saturated rings. The number of hydrogen-bond acceptors (Lipinski definition) is 4. The van der Waals surface area contributed by atoms with Crippen LogP contribution in [0.4, 0.5) is 11.4 Å². The molecular weight excluding hydrogens is 398 g/mol. The average Bonchev–Trinajstić information content (AvgIpc) is 2.65. The summed E-state index contributed by atoms with van der Waals surface area (Å²) in [5.41, 5.74) is 2.04. The zero-order valence-electron chi connectivity index (χ0n) is 19.5. The van der Waals surface area contributed by atoms with Gasteiger partial charge in [-0.25, -0.2) is 8.42 Å². The second-order valence-corrected chi connectivity index (χ2v) is 11.5. The van der Waals surface area contributed by atoms with Crippen molar-refractivity contribution in [3.8, 4) is 0 Å². The first-order valence-corrected chi connectivity index (χ1v) is 12.7. The normalized spacial score (nSPS) is 15.7. The number of hydrogen-bond donors (Lipinski definition) is 1. The second kappa shape index (κ2) is 10.0. The van der Waals surface area contributed by atoms with Crippen LogP contribution in [0.3, 0.4) is 0 Å². The molecule has 0 atom stereocenters. The van der Waals surface area contributed by atoms with Gasteiger partial charge in [0.25, 0.3) is 0 Å². The zero-order chi connectivity index (χ0) is 22.5. The Hall–Kier alpha value is -1.76. The van der Waals surface area contributed by atoms with E-state index < -0.39 is 15.4 Å². The van der Waals surface area contributed by atoms with Gasteiger partial charge in [-0.3, -0.25) is 9.52 Å². The topological polar surface area (TPSA) is 69.7 Å². The molecule has 0 saturated heterocycles. The van der Waals surface area contributed by atoms with Gasteiger partial charge in [0.05, 0.1) is 5.75 Å². The minimum atomic E-state index is -3.37. The van der Waals surface area contributed by atoms with Crippen LogP contribution >= 0.6 is 0 Å². The number of carbonyl (C=O) groups excluding carboxylic acids is 1. The van der Waals surface area contributed by atoms with Crippen molar-refractivity contribution in [2.24, 2.45) is 5.41 Å². The van der Waals surface area contributed by atoms with Gasteiger partial charge in [0.1, 0.15) is 0 Å². The van der Waals surface area contributed by atoms with Crippen LogP contribution in [0.1, 0.15) is 71.8 Å². The predicted octanol–water partition coefficient (Wildman–Crippen LogP) is 4.61. The number of anilines is 2. The van der Waals surface area contributed by atoms with Gasteiger partial charge in [0, 0.05) is 43.5 Å². The standard InChI is InChI=1S/C23H39N3O3S/c1-7-15-30(28,29)24-19-13-14-21(25(5)6)18(16-19)17-26(22(27)23(2,3)4)20-11-9-8-10-12-20/h13-14,16,20,24H,7-12,15,17H2,1-6H3. The Balaban J connectivity index is 2.41. The Bertz CT molecular complexity index is 823. The molecule has 1 aromatic rings. The smallest absolute Gasteiger partial charge is 0.232 e. The molecule has 1 aromatic carbocycles. The minimum absolute atomic E-state index is 0.0917. The summed E-state index contributed by atoms with van der Waals surface area (Å²) in [6.07, 6.45) is 6.15. The van der Waals surface area contributed by atoms with E-state index in [4.69, 9.17) is 0 Å². The van der Waals surface area contributed by atoms with Crippen LogP contribution < -0.4 is 9.62 Å². The fourth-order valence-corrected chi connectivity index (χ4v) is 5.21. The van der Waals surface area contributed by atoms with E-state index in [2.05, 4.69) is 4.72 Å². The van der Waals surface area contributed by atoms with Gasteiger partial charge in [0.15, 0.2) is 0 Å². The van der Waals surface area contributed by atoms with Crippen molar-refractivity contribution < 1.29 is 13.2 Å². The molecule has 1 amide bonds. The first-order valence-electron chi connectivity index (χ1n) is 11.1. The van der Waals surface area contributed by atoms with Crippen LogP contribution in [0.5, 0.6) is 0 Å². The summed E-state index contributed by atoms with van der Waals surface area (Å²) in [6.45, 7) is 8.23. The van der Waals surface area contributed by atoms with Crippen molar-refractivity contribution in [2.75, 3.05) is 29.5 Å². The summed E-state index contributed by atoms with van der Waals surface area (Å²) >= 11 is 0. The highest BCUT2D eigenvalue weighted by Crippen LogP contribution is 2.32. The van der Waals surface area contributed by atoms with Gasteiger partial charge in [-0.2, -0.15) is 0 Å². The zero-order valence-corrected chi connectivity index (χ0v) is 20.3. The first-order chi connectivity index (χ1) is 13.9. The lowest BCUT2D eigenvalue weighted by atomic mass is 9.89. The monoisotopic (exact) mass is 437 g/mol. The van der Waals surface area contributed by atoms with Crippen LogP contribution in [0.15, 0.2) is 18.2 Å². The van der Waals surface area contributed by atoms with Gasteiger partial charge < -0.3 is 9.80 Å². The molecule has 7 heteroatoms. The predicted molar refractivity (Wildman–Crippen MR) is 125 cm³/mol. The first kappa shape index (κ1) is 24.5. The lowest BCUT2D eigenvalue weighted by molar-refractivity contribution is -0.143. The number of amides is 1. The summed E-state index contributed by atoms with van der Waals surface area (Å²) in [5, 5.41) is 0. The van der Waals surface area contributed by atoms with Crippen LogP contribution in [-0.4, -0.2) is 45.1 Å². The van der Waals surface area contributed by atoms with E-state index in [0.717, 1.165) is 36.9 Å². The summed E-state index contributed by atoms with van der Waals surface area (Å²) in [4.78, 5) is 17.4. The Morgan fingerprint density at radius 2 is 1.77 bits per heavy atom. The molecule has 1 N–H and O–H groups in total. The highest BCUT2D eigenvalue weighted by Gasteiger charge is 2.33. The SMILES string of the molecule is CCCS(=O)(=O)Nc1ccc(N(C)C)c(CN(C(=O)C(C)(C)C)C2CCCCC2)c1. The summed E-state index contributed by atoms with van der Waals surface area (Å²) in [6, 6.07) is 5.84. The number of nitrogens with zero attached hydrogens (tertiary/aromatic N) is 2. The average molecular weight is 438 g/mol. The third-order valence-electron chi connectivity index (χ3n) is 5.57. The van der Waals surface area contributed by atoms with Crippen LogP contribution in [-0.2, 0) is 21.4 Å². The Kier molecular flexibility index (Phi) is 8.20. The van der Waals surface area contributed by atoms with Crippen molar-refractivity contribution in [1.82, 2.24) is 4.90 Å². The Morgan fingerprint density at radius 3 is 2.30 bits per heavy atom. The van der Waals surface area contributed by atoms with Crippen LogP contribution in [0.2, 0.25) is 0 Å². The largest absolute Gasteiger partial charge is 0.377 e. The highest BCUT2D eigenvalue weighted by molar-refractivity contribution is 7.92. The van der Waals surface area contributed by atoms with Gasteiger partial charge >= 0.3 is 0 Å². The van der Waals surface area contributed by atoms with E-state index in [1.54, 1.807) is 6.07 Å². The lowest BCUT2D eigenvalue weighted by Gasteiger charge is -2.39.